The highest BCUT2D eigenvalue weighted by atomic mass is 32.1. The summed E-state index contributed by atoms with van der Waals surface area (Å²) in [7, 11) is 0. The fourth-order valence-electron chi connectivity index (χ4n) is 5.54. The number of ether oxygens (including phenoxy) is 1. The number of fused-ring (bicyclic) bond motifs is 2. The maximum atomic E-state index is 14.2. The first-order valence-corrected chi connectivity index (χ1v) is 14.5. The van der Waals surface area contributed by atoms with E-state index in [1.807, 2.05) is 67.6 Å². The Kier molecular flexibility index (Phi) is 7.31. The molecule has 0 N–H and O–H groups in total. The Morgan fingerprint density at radius 1 is 1.07 bits per heavy atom. The van der Waals surface area contributed by atoms with Crippen LogP contribution in [0.2, 0.25) is 0 Å². The highest BCUT2D eigenvalue weighted by molar-refractivity contribution is 7.07. The molecule has 0 fully saturated rings. The maximum absolute atomic E-state index is 14.2. The number of hydrogen-bond donors (Lipinski definition) is 0. The van der Waals surface area contributed by atoms with Crippen molar-refractivity contribution < 1.29 is 13.9 Å². The molecule has 8 heteroatoms. The molecule has 1 atom stereocenters. The average Bonchev–Trinajstić information content (AvgIpc) is 3.46. The number of thiazole rings is 1. The maximum Gasteiger partial charge on any atom is 0.338 e. The van der Waals surface area contributed by atoms with Gasteiger partial charge in [0.15, 0.2) is 4.80 Å². The molecule has 42 heavy (non-hydrogen) atoms. The van der Waals surface area contributed by atoms with Crippen molar-refractivity contribution in [3.8, 4) is 0 Å². The number of rotatable bonds is 7. The zero-order valence-electron chi connectivity index (χ0n) is 23.2. The monoisotopic (exact) mass is 577 g/mol. The third kappa shape index (κ3) is 4.63. The topological polar surface area (TPSA) is 65.6 Å². The number of carbonyl (C=O) groups excluding carboxylic acids is 1. The molecular weight excluding hydrogens is 549 g/mol. The number of aromatic nitrogens is 2. The molecule has 1 aliphatic rings. The molecule has 0 spiro atoms. The number of benzene rings is 3. The summed E-state index contributed by atoms with van der Waals surface area (Å²) >= 11 is 1.26. The van der Waals surface area contributed by atoms with Gasteiger partial charge in [-0.1, -0.05) is 78.1 Å². The molecule has 0 saturated heterocycles. The number of hydrogen-bond acceptors (Lipinski definition) is 5. The number of carbonyl (C=O) groups is 1. The van der Waals surface area contributed by atoms with E-state index in [1.165, 1.54) is 28.0 Å². The number of halogens is 1. The van der Waals surface area contributed by atoms with Crippen molar-refractivity contribution in [3.05, 3.63) is 145 Å². The van der Waals surface area contributed by atoms with E-state index in [0.29, 0.717) is 32.7 Å². The van der Waals surface area contributed by atoms with Crippen LogP contribution in [-0.2, 0) is 16.1 Å². The Labute approximate surface area is 245 Å². The minimum atomic E-state index is -0.860. The second-order valence-electron chi connectivity index (χ2n) is 9.90. The zero-order chi connectivity index (χ0) is 29.4. The van der Waals surface area contributed by atoms with Gasteiger partial charge in [0.2, 0.25) is 0 Å². The summed E-state index contributed by atoms with van der Waals surface area (Å²) in [5.74, 6) is -0.991. The third-order valence-electron chi connectivity index (χ3n) is 7.43. The number of esters is 1. The van der Waals surface area contributed by atoms with E-state index in [9.17, 15) is 14.0 Å². The molecule has 0 aliphatic carbocycles. The van der Waals surface area contributed by atoms with Gasteiger partial charge in [-0.25, -0.2) is 14.2 Å². The average molecular weight is 578 g/mol. The zero-order valence-corrected chi connectivity index (χ0v) is 24.0. The summed E-state index contributed by atoms with van der Waals surface area (Å²) in [6.45, 7) is 8.45. The molecule has 1 aliphatic heterocycles. The van der Waals surface area contributed by atoms with Crippen LogP contribution >= 0.6 is 11.3 Å². The highest BCUT2D eigenvalue weighted by Gasteiger charge is 2.35. The van der Waals surface area contributed by atoms with Crippen molar-refractivity contribution in [1.82, 2.24) is 9.13 Å². The van der Waals surface area contributed by atoms with Gasteiger partial charge in [-0.2, -0.15) is 0 Å². The van der Waals surface area contributed by atoms with Gasteiger partial charge in [0.1, 0.15) is 5.82 Å². The lowest BCUT2D eigenvalue weighted by Gasteiger charge is -2.25. The van der Waals surface area contributed by atoms with Crippen LogP contribution in [0, 0.1) is 12.7 Å². The standard InChI is InChI=1S/C34H28FN3O3S/c1-4-19-37-21(3)26(25-13-9-10-14-27(25)37)20-28-32(39)38-31(23-15-17-24(35)18-16-23)29(33(40)41-5-2)30(36-34(38)42-28)22-11-7-6-8-12-22/h4,6-18,20,31H,1,5,19H2,2-3H3/b28-20+. The summed E-state index contributed by atoms with van der Waals surface area (Å²) < 4.78 is 23.7. The first-order valence-electron chi connectivity index (χ1n) is 13.7. The molecule has 5 aromatic rings. The lowest BCUT2D eigenvalue weighted by Crippen LogP contribution is -2.40. The van der Waals surface area contributed by atoms with Gasteiger partial charge in [0, 0.05) is 34.3 Å². The Morgan fingerprint density at radius 3 is 2.50 bits per heavy atom. The minimum Gasteiger partial charge on any atom is -0.463 e. The molecule has 0 saturated carbocycles. The van der Waals surface area contributed by atoms with Crippen molar-refractivity contribution in [2.45, 2.75) is 26.4 Å². The van der Waals surface area contributed by atoms with Crippen LogP contribution in [0.25, 0.3) is 22.7 Å². The quantitative estimate of drug-likeness (QED) is 0.189. The van der Waals surface area contributed by atoms with Crippen LogP contribution in [-0.4, -0.2) is 21.7 Å². The third-order valence-corrected chi connectivity index (χ3v) is 8.41. The van der Waals surface area contributed by atoms with E-state index >= 15 is 0 Å². The molecule has 0 radical (unpaired) electrons. The van der Waals surface area contributed by atoms with Gasteiger partial charge >= 0.3 is 5.97 Å². The lowest BCUT2D eigenvalue weighted by atomic mass is 9.93. The van der Waals surface area contributed by atoms with Crippen LogP contribution in [0.4, 0.5) is 4.39 Å². The van der Waals surface area contributed by atoms with Crippen molar-refractivity contribution in [2.24, 2.45) is 4.99 Å². The van der Waals surface area contributed by atoms with Gasteiger partial charge in [-0.3, -0.25) is 9.36 Å². The Hall–Kier alpha value is -4.82. The molecule has 3 heterocycles. The van der Waals surface area contributed by atoms with Crippen LogP contribution in [0.3, 0.4) is 0 Å². The van der Waals surface area contributed by atoms with E-state index in [-0.39, 0.29) is 17.7 Å². The number of allylic oxidation sites excluding steroid dienone is 1. The van der Waals surface area contributed by atoms with Crippen LogP contribution in [0.15, 0.2) is 107 Å². The minimum absolute atomic E-state index is 0.152. The molecular formula is C34H28FN3O3S. The van der Waals surface area contributed by atoms with Crippen molar-refractivity contribution in [1.29, 1.82) is 0 Å². The fourth-order valence-corrected chi connectivity index (χ4v) is 6.52. The predicted octanol–water partition coefficient (Wildman–Crippen LogP) is 5.52. The predicted molar refractivity (Wildman–Crippen MR) is 164 cm³/mol. The molecule has 6 nitrogen and oxygen atoms in total. The fraction of sp³-hybridized carbons (Fsp3) is 0.147. The molecule has 6 rings (SSSR count). The van der Waals surface area contributed by atoms with Crippen molar-refractivity contribution in [2.75, 3.05) is 6.61 Å². The van der Waals surface area contributed by atoms with Gasteiger partial charge < -0.3 is 9.30 Å². The molecule has 1 unspecified atom stereocenters. The summed E-state index contributed by atoms with van der Waals surface area (Å²) in [6.07, 6.45) is 3.75. The van der Waals surface area contributed by atoms with E-state index in [4.69, 9.17) is 9.73 Å². The molecule has 3 aromatic carbocycles. The highest BCUT2D eigenvalue weighted by Crippen LogP contribution is 2.35. The van der Waals surface area contributed by atoms with Crippen LogP contribution in [0.5, 0.6) is 0 Å². The number of para-hydroxylation sites is 1. The summed E-state index contributed by atoms with van der Waals surface area (Å²) in [4.78, 5) is 33.1. The second-order valence-corrected chi connectivity index (χ2v) is 10.9. The largest absolute Gasteiger partial charge is 0.463 e. The summed E-state index contributed by atoms with van der Waals surface area (Å²) in [5, 5.41) is 1.02. The van der Waals surface area contributed by atoms with Gasteiger partial charge in [0.25, 0.3) is 5.56 Å². The first-order chi connectivity index (χ1) is 20.4. The van der Waals surface area contributed by atoms with Crippen molar-refractivity contribution in [3.63, 3.8) is 0 Å². The summed E-state index contributed by atoms with van der Waals surface area (Å²) in [6, 6.07) is 22.4. The van der Waals surface area contributed by atoms with E-state index in [1.54, 1.807) is 19.1 Å². The molecule has 0 bridgehead atoms. The van der Waals surface area contributed by atoms with E-state index in [0.717, 1.165) is 22.2 Å². The van der Waals surface area contributed by atoms with E-state index in [2.05, 4.69) is 17.2 Å². The Morgan fingerprint density at radius 2 is 1.79 bits per heavy atom. The first kappa shape index (κ1) is 27.4. The molecule has 2 aromatic heterocycles. The van der Waals surface area contributed by atoms with Crippen LogP contribution in [0.1, 0.15) is 35.3 Å². The Balaban J connectivity index is 1.66. The normalized spacial score (nSPS) is 15.0. The number of nitrogens with zero attached hydrogens (tertiary/aromatic N) is 3. The summed E-state index contributed by atoms with van der Waals surface area (Å²) in [5.41, 5.74) is 4.65. The van der Waals surface area contributed by atoms with Crippen molar-refractivity contribution >= 4 is 40.0 Å². The van der Waals surface area contributed by atoms with Gasteiger partial charge in [0.05, 0.1) is 28.5 Å². The smallest absolute Gasteiger partial charge is 0.338 e. The van der Waals surface area contributed by atoms with E-state index < -0.39 is 17.8 Å². The Bertz CT molecular complexity index is 2050. The molecule has 0 amide bonds. The lowest BCUT2D eigenvalue weighted by molar-refractivity contribution is -0.138. The van der Waals surface area contributed by atoms with Gasteiger partial charge in [-0.05, 0) is 43.7 Å². The second kappa shape index (κ2) is 11.2. The molecule has 210 valence electrons. The van der Waals surface area contributed by atoms with Crippen LogP contribution < -0.4 is 14.9 Å². The SMILES string of the molecule is C=CCn1c(C)c(/C=c2/sc3n(c2=O)C(c2ccc(F)cc2)C(C(=O)OCC)=C(c2ccccc2)N=3)c2ccccc21. The van der Waals surface area contributed by atoms with Gasteiger partial charge in [-0.15, -0.1) is 6.58 Å².